The van der Waals surface area contributed by atoms with Crippen LogP contribution in [0.1, 0.15) is 71.4 Å². The highest BCUT2D eigenvalue weighted by atomic mass is 16.6. The minimum atomic E-state index is -0.481. The van der Waals surface area contributed by atoms with Crippen LogP contribution < -0.4 is 4.90 Å². The zero-order valence-corrected chi connectivity index (χ0v) is 21.6. The number of aryl methyl sites for hydroxylation is 1. The number of nitrogens with zero attached hydrogens (tertiary/aromatic N) is 6. The number of aliphatic imine (C=N–C) groups is 1. The number of rotatable bonds is 3. The van der Waals surface area contributed by atoms with Gasteiger partial charge in [0.25, 0.3) is 0 Å². The van der Waals surface area contributed by atoms with Crippen molar-refractivity contribution in [3.63, 3.8) is 0 Å². The fourth-order valence-electron chi connectivity index (χ4n) is 5.38. The van der Waals surface area contributed by atoms with Crippen molar-refractivity contribution < 1.29 is 9.53 Å². The normalized spacial score (nSPS) is 21.7. The first-order valence-electron chi connectivity index (χ1n) is 13.1. The number of aromatic nitrogens is 3. The van der Waals surface area contributed by atoms with Gasteiger partial charge in [0.05, 0.1) is 5.70 Å². The Morgan fingerprint density at radius 2 is 1.83 bits per heavy atom. The molecule has 8 nitrogen and oxygen atoms in total. The van der Waals surface area contributed by atoms with E-state index in [1.165, 1.54) is 25.7 Å². The van der Waals surface area contributed by atoms with Crippen LogP contribution in [0, 0.1) is 5.92 Å². The highest BCUT2D eigenvalue weighted by Gasteiger charge is 2.31. The fourth-order valence-corrected chi connectivity index (χ4v) is 5.38. The van der Waals surface area contributed by atoms with Crippen LogP contribution >= 0.6 is 0 Å². The van der Waals surface area contributed by atoms with E-state index in [0.29, 0.717) is 6.54 Å². The molecule has 35 heavy (non-hydrogen) atoms. The SMILES string of the molecule is Cn1nc(C2=CCC(C3CCCN(C(=O)OC(C)(C)C)C3)=N2)c2ccc(N3CCCCCC3)nc21. The molecule has 0 aromatic carbocycles. The summed E-state index contributed by atoms with van der Waals surface area (Å²) in [5.74, 6) is 1.30. The molecule has 3 aliphatic heterocycles. The zero-order valence-electron chi connectivity index (χ0n) is 21.6. The second-order valence-corrected chi connectivity index (χ2v) is 11.1. The zero-order chi connectivity index (χ0) is 24.6. The lowest BCUT2D eigenvalue weighted by molar-refractivity contribution is 0.0193. The van der Waals surface area contributed by atoms with Gasteiger partial charge in [-0.1, -0.05) is 18.9 Å². The van der Waals surface area contributed by atoms with E-state index in [1.54, 1.807) is 0 Å². The van der Waals surface area contributed by atoms with Crippen LogP contribution in [0.15, 0.2) is 23.2 Å². The predicted octanol–water partition coefficient (Wildman–Crippen LogP) is 5.18. The molecule has 0 aliphatic carbocycles. The van der Waals surface area contributed by atoms with Gasteiger partial charge in [-0.25, -0.2) is 14.5 Å². The van der Waals surface area contributed by atoms with Crippen molar-refractivity contribution in [2.75, 3.05) is 31.1 Å². The summed E-state index contributed by atoms with van der Waals surface area (Å²) >= 11 is 0. The van der Waals surface area contributed by atoms with Crippen LogP contribution in [0.2, 0.25) is 0 Å². The Hall–Kier alpha value is -2.90. The Kier molecular flexibility index (Phi) is 6.55. The lowest BCUT2D eigenvalue weighted by Crippen LogP contribution is -2.44. The van der Waals surface area contributed by atoms with Gasteiger partial charge in [-0.05, 0) is 58.6 Å². The molecule has 5 heterocycles. The maximum absolute atomic E-state index is 12.6. The van der Waals surface area contributed by atoms with Gasteiger partial charge in [0, 0.05) is 56.7 Å². The number of hydrogen-bond donors (Lipinski definition) is 0. The third kappa shape index (κ3) is 5.21. The van der Waals surface area contributed by atoms with E-state index >= 15 is 0 Å². The third-order valence-corrected chi connectivity index (χ3v) is 7.16. The van der Waals surface area contributed by atoms with Gasteiger partial charge in [-0.3, -0.25) is 4.99 Å². The van der Waals surface area contributed by atoms with Crippen LogP contribution in [-0.4, -0.2) is 63.2 Å². The van der Waals surface area contributed by atoms with Crippen LogP contribution in [0.5, 0.6) is 0 Å². The first kappa shape index (κ1) is 23.8. The fraction of sp³-hybridized carbons (Fsp3) is 0.630. The monoisotopic (exact) mass is 478 g/mol. The number of likely N-dealkylation sites (tertiary alicyclic amines) is 1. The predicted molar refractivity (Wildman–Crippen MR) is 140 cm³/mol. The van der Waals surface area contributed by atoms with E-state index in [2.05, 4.69) is 23.1 Å². The second kappa shape index (κ2) is 9.63. The molecular weight excluding hydrogens is 440 g/mol. The van der Waals surface area contributed by atoms with Crippen molar-refractivity contribution in [1.82, 2.24) is 19.7 Å². The van der Waals surface area contributed by atoms with Gasteiger partial charge in [0.1, 0.15) is 17.1 Å². The molecule has 0 saturated carbocycles. The number of pyridine rings is 1. The molecule has 188 valence electrons. The molecule has 0 radical (unpaired) electrons. The molecule has 3 aliphatic rings. The Morgan fingerprint density at radius 3 is 2.57 bits per heavy atom. The number of hydrogen-bond acceptors (Lipinski definition) is 6. The summed E-state index contributed by atoms with van der Waals surface area (Å²) < 4.78 is 7.48. The molecule has 2 aromatic heterocycles. The molecule has 5 rings (SSSR count). The molecular formula is C27H38N6O2. The number of piperidine rings is 1. The quantitative estimate of drug-likeness (QED) is 0.607. The first-order chi connectivity index (χ1) is 16.8. The van der Waals surface area contributed by atoms with Crippen LogP contribution in [-0.2, 0) is 11.8 Å². The Bertz CT molecular complexity index is 1150. The summed E-state index contributed by atoms with van der Waals surface area (Å²) in [6.07, 6.45) is 9.83. The van der Waals surface area contributed by atoms with Crippen molar-refractivity contribution in [1.29, 1.82) is 0 Å². The number of anilines is 1. The molecule has 8 heteroatoms. The van der Waals surface area contributed by atoms with Crippen LogP contribution in [0.3, 0.4) is 0 Å². The second-order valence-electron chi connectivity index (χ2n) is 11.1. The number of carbonyl (C=O) groups excluding carboxylic acids is 1. The number of fused-ring (bicyclic) bond motifs is 1. The van der Waals surface area contributed by atoms with Crippen molar-refractivity contribution in [2.45, 2.75) is 71.3 Å². The van der Waals surface area contributed by atoms with Crippen molar-refractivity contribution in [3.05, 3.63) is 23.9 Å². The van der Waals surface area contributed by atoms with Gasteiger partial charge in [0.2, 0.25) is 0 Å². The minimum Gasteiger partial charge on any atom is -0.444 e. The third-order valence-electron chi connectivity index (χ3n) is 7.16. The average molecular weight is 479 g/mol. The smallest absolute Gasteiger partial charge is 0.410 e. The van der Waals surface area contributed by atoms with E-state index in [1.807, 2.05) is 37.4 Å². The summed E-state index contributed by atoms with van der Waals surface area (Å²) in [6, 6.07) is 4.29. The summed E-state index contributed by atoms with van der Waals surface area (Å²) in [5, 5.41) is 5.86. The molecule has 0 bridgehead atoms. The van der Waals surface area contributed by atoms with E-state index in [0.717, 1.165) is 72.9 Å². The van der Waals surface area contributed by atoms with Gasteiger partial charge >= 0.3 is 6.09 Å². The molecule has 1 atom stereocenters. The van der Waals surface area contributed by atoms with E-state index < -0.39 is 5.60 Å². The highest BCUT2D eigenvalue weighted by Crippen LogP contribution is 2.32. The minimum absolute atomic E-state index is 0.226. The summed E-state index contributed by atoms with van der Waals surface area (Å²) in [5.41, 5.74) is 3.38. The Balaban J connectivity index is 1.33. The van der Waals surface area contributed by atoms with Crippen LogP contribution in [0.4, 0.5) is 10.6 Å². The number of amides is 1. The number of carbonyl (C=O) groups is 1. The van der Waals surface area contributed by atoms with Gasteiger partial charge < -0.3 is 14.5 Å². The van der Waals surface area contributed by atoms with E-state index in [-0.39, 0.29) is 12.0 Å². The van der Waals surface area contributed by atoms with Crippen LogP contribution in [0.25, 0.3) is 16.7 Å². The highest BCUT2D eigenvalue weighted by molar-refractivity contribution is 6.00. The summed E-state index contributed by atoms with van der Waals surface area (Å²) in [6.45, 7) is 9.28. The molecule has 0 N–H and O–H groups in total. The summed E-state index contributed by atoms with van der Waals surface area (Å²) in [4.78, 5) is 26.9. The van der Waals surface area contributed by atoms with Crippen molar-refractivity contribution in [3.8, 4) is 0 Å². The van der Waals surface area contributed by atoms with Gasteiger partial charge in [-0.2, -0.15) is 5.10 Å². The maximum Gasteiger partial charge on any atom is 0.410 e. The van der Waals surface area contributed by atoms with E-state index in [4.69, 9.17) is 19.8 Å². The van der Waals surface area contributed by atoms with Crippen molar-refractivity contribution in [2.24, 2.45) is 18.0 Å². The standard InChI is InChI=1S/C27H38N6O2/c1-27(2,3)35-26(34)33-17-9-10-19(18-33)21-12-13-22(28-21)24-20-11-14-23(29-25(20)31(4)30-24)32-15-7-5-6-8-16-32/h11,13-14,19H,5-10,12,15-18H2,1-4H3. The topological polar surface area (TPSA) is 75.8 Å². The molecule has 2 saturated heterocycles. The summed E-state index contributed by atoms with van der Waals surface area (Å²) in [7, 11) is 1.96. The Labute approximate surface area is 208 Å². The number of ether oxygens (including phenoxy) is 1. The molecule has 1 unspecified atom stereocenters. The number of allylic oxidation sites excluding steroid dienone is 1. The average Bonchev–Trinajstić information content (AvgIpc) is 3.33. The molecule has 2 aromatic rings. The largest absolute Gasteiger partial charge is 0.444 e. The molecule has 0 spiro atoms. The molecule has 1 amide bonds. The molecule has 2 fully saturated rings. The lowest BCUT2D eigenvalue weighted by atomic mass is 9.92. The Morgan fingerprint density at radius 1 is 1.06 bits per heavy atom. The first-order valence-corrected chi connectivity index (χ1v) is 13.1. The lowest BCUT2D eigenvalue weighted by Gasteiger charge is -2.34. The van der Waals surface area contributed by atoms with Gasteiger partial charge in [-0.15, -0.1) is 0 Å². The van der Waals surface area contributed by atoms with E-state index in [9.17, 15) is 4.79 Å². The maximum atomic E-state index is 12.6. The van der Waals surface area contributed by atoms with Crippen molar-refractivity contribution >= 4 is 34.4 Å². The van der Waals surface area contributed by atoms with Gasteiger partial charge in [0.15, 0.2) is 5.65 Å².